The Kier molecular flexibility index (Phi) is 11.3. The summed E-state index contributed by atoms with van der Waals surface area (Å²) in [6.45, 7) is 4.34. The SMILES string of the molecule is CC(C)CCCCCCS(=O)(=O)[O-].[Na+]. The Labute approximate surface area is 110 Å². The van der Waals surface area contributed by atoms with E-state index in [1.165, 1.54) is 6.42 Å². The van der Waals surface area contributed by atoms with Gasteiger partial charge in [0.05, 0.1) is 10.1 Å². The average Bonchev–Trinajstić information content (AvgIpc) is 1.93. The van der Waals surface area contributed by atoms with E-state index in [0.717, 1.165) is 19.3 Å². The van der Waals surface area contributed by atoms with Gasteiger partial charge in [-0.2, -0.15) is 0 Å². The second-order valence-corrected chi connectivity index (χ2v) is 5.38. The molecular formula is C9H19NaO3S. The first-order chi connectivity index (χ1) is 5.92. The van der Waals surface area contributed by atoms with Crippen LogP contribution in [0.5, 0.6) is 0 Å². The van der Waals surface area contributed by atoms with Gasteiger partial charge in [0.25, 0.3) is 0 Å². The normalized spacial score (nSPS) is 11.4. The van der Waals surface area contributed by atoms with Crippen LogP contribution in [0.25, 0.3) is 0 Å². The fraction of sp³-hybridized carbons (Fsp3) is 1.00. The molecule has 0 N–H and O–H groups in total. The number of hydrogen-bond donors (Lipinski definition) is 0. The predicted octanol–water partition coefficient (Wildman–Crippen LogP) is -0.858. The van der Waals surface area contributed by atoms with Gasteiger partial charge in [-0.3, -0.25) is 0 Å². The van der Waals surface area contributed by atoms with Gasteiger partial charge in [-0.1, -0.05) is 39.5 Å². The topological polar surface area (TPSA) is 57.2 Å². The zero-order chi connectivity index (χ0) is 10.3. The van der Waals surface area contributed by atoms with Crippen LogP contribution in [0.4, 0.5) is 0 Å². The first kappa shape index (κ1) is 17.3. The molecule has 0 saturated heterocycles. The largest absolute Gasteiger partial charge is 1.00 e. The first-order valence-electron chi connectivity index (χ1n) is 4.85. The second-order valence-electron chi connectivity index (χ2n) is 3.86. The molecule has 0 radical (unpaired) electrons. The summed E-state index contributed by atoms with van der Waals surface area (Å²) in [6.07, 6.45) is 4.73. The van der Waals surface area contributed by atoms with Crippen molar-refractivity contribution < 1.29 is 42.5 Å². The van der Waals surface area contributed by atoms with Crippen LogP contribution < -0.4 is 29.6 Å². The van der Waals surface area contributed by atoms with Crippen LogP contribution in [0.3, 0.4) is 0 Å². The van der Waals surface area contributed by atoms with Crippen LogP contribution in [-0.2, 0) is 10.1 Å². The van der Waals surface area contributed by atoms with Gasteiger partial charge in [0.1, 0.15) is 0 Å². The third-order valence-corrected chi connectivity index (χ3v) is 2.71. The molecule has 0 fully saturated rings. The Morgan fingerprint density at radius 2 is 1.57 bits per heavy atom. The Bertz CT molecular complexity index is 212. The van der Waals surface area contributed by atoms with E-state index < -0.39 is 10.1 Å². The van der Waals surface area contributed by atoms with E-state index in [2.05, 4.69) is 13.8 Å². The van der Waals surface area contributed by atoms with E-state index in [4.69, 9.17) is 0 Å². The van der Waals surface area contributed by atoms with E-state index in [1.54, 1.807) is 0 Å². The minimum absolute atomic E-state index is 0. The van der Waals surface area contributed by atoms with E-state index in [1.807, 2.05) is 0 Å². The smallest absolute Gasteiger partial charge is 0.748 e. The number of unbranched alkanes of at least 4 members (excludes halogenated alkanes) is 3. The van der Waals surface area contributed by atoms with Crippen LogP contribution in [0.2, 0.25) is 0 Å². The van der Waals surface area contributed by atoms with E-state index in [-0.39, 0.29) is 35.3 Å². The molecule has 0 spiro atoms. The monoisotopic (exact) mass is 230 g/mol. The van der Waals surface area contributed by atoms with Crippen LogP contribution in [0.1, 0.15) is 46.0 Å². The minimum Gasteiger partial charge on any atom is -0.748 e. The molecule has 5 heteroatoms. The van der Waals surface area contributed by atoms with Gasteiger partial charge in [-0.05, 0) is 12.3 Å². The van der Waals surface area contributed by atoms with Crippen molar-refractivity contribution in [1.29, 1.82) is 0 Å². The zero-order valence-electron chi connectivity index (χ0n) is 9.45. The minimum atomic E-state index is -3.98. The summed E-state index contributed by atoms with van der Waals surface area (Å²) in [4.78, 5) is 0. The summed E-state index contributed by atoms with van der Waals surface area (Å²) in [6, 6.07) is 0. The van der Waals surface area contributed by atoms with Crippen LogP contribution in [-0.4, -0.2) is 18.7 Å². The fourth-order valence-electron chi connectivity index (χ4n) is 1.18. The molecule has 0 unspecified atom stereocenters. The van der Waals surface area contributed by atoms with Gasteiger partial charge in [0.2, 0.25) is 0 Å². The molecule has 0 amide bonds. The molecule has 0 aliphatic rings. The summed E-state index contributed by atoms with van der Waals surface area (Å²) in [5, 5.41) is 0. The molecule has 3 nitrogen and oxygen atoms in total. The van der Waals surface area contributed by atoms with Gasteiger partial charge in [0, 0.05) is 5.75 Å². The van der Waals surface area contributed by atoms with Gasteiger partial charge in [0.15, 0.2) is 0 Å². The van der Waals surface area contributed by atoms with Crippen molar-refractivity contribution in [2.24, 2.45) is 5.92 Å². The van der Waals surface area contributed by atoms with Crippen molar-refractivity contribution in [3.63, 3.8) is 0 Å². The van der Waals surface area contributed by atoms with Gasteiger partial charge >= 0.3 is 29.6 Å². The van der Waals surface area contributed by atoms with Gasteiger partial charge in [-0.15, -0.1) is 0 Å². The Morgan fingerprint density at radius 3 is 2.00 bits per heavy atom. The van der Waals surface area contributed by atoms with Crippen molar-refractivity contribution in [1.82, 2.24) is 0 Å². The maximum atomic E-state index is 10.2. The van der Waals surface area contributed by atoms with E-state index >= 15 is 0 Å². The molecular weight excluding hydrogens is 211 g/mol. The molecule has 80 valence electrons. The molecule has 0 atom stereocenters. The zero-order valence-corrected chi connectivity index (χ0v) is 12.3. The third-order valence-electron chi connectivity index (χ3n) is 1.93. The van der Waals surface area contributed by atoms with Crippen LogP contribution in [0, 0.1) is 5.92 Å². The first-order valence-corrected chi connectivity index (χ1v) is 6.43. The molecule has 0 aromatic heterocycles. The third kappa shape index (κ3) is 15.4. The number of rotatable bonds is 7. The van der Waals surface area contributed by atoms with Crippen molar-refractivity contribution in [2.45, 2.75) is 46.0 Å². The molecule has 0 saturated carbocycles. The molecule has 0 bridgehead atoms. The quantitative estimate of drug-likeness (QED) is 0.325. The molecule has 0 aromatic rings. The van der Waals surface area contributed by atoms with Crippen molar-refractivity contribution in [3.8, 4) is 0 Å². The van der Waals surface area contributed by atoms with E-state index in [9.17, 15) is 13.0 Å². The maximum Gasteiger partial charge on any atom is 1.00 e. The van der Waals surface area contributed by atoms with Crippen molar-refractivity contribution in [3.05, 3.63) is 0 Å². The Balaban J connectivity index is 0. The molecule has 0 rings (SSSR count). The molecule has 0 aliphatic carbocycles. The standard InChI is InChI=1S/C9H20O3S.Na/c1-9(2)7-5-3-4-6-8-13(10,11)12;/h9H,3-8H2,1-2H3,(H,10,11,12);/q;+1/p-1. The summed E-state index contributed by atoms with van der Waals surface area (Å²) in [5.41, 5.74) is 0. The summed E-state index contributed by atoms with van der Waals surface area (Å²) in [7, 11) is -3.98. The molecule has 0 heterocycles. The van der Waals surface area contributed by atoms with Crippen LogP contribution >= 0.6 is 0 Å². The summed E-state index contributed by atoms with van der Waals surface area (Å²) < 4.78 is 30.6. The fourth-order valence-corrected chi connectivity index (χ4v) is 1.74. The van der Waals surface area contributed by atoms with Gasteiger partial charge in [-0.25, -0.2) is 8.42 Å². The van der Waals surface area contributed by atoms with Gasteiger partial charge < -0.3 is 4.55 Å². The second kappa shape index (κ2) is 9.16. The molecule has 14 heavy (non-hydrogen) atoms. The predicted molar refractivity (Wildman–Crippen MR) is 52.5 cm³/mol. The van der Waals surface area contributed by atoms with E-state index in [0.29, 0.717) is 12.3 Å². The Hall–Kier alpha value is 0.910. The Morgan fingerprint density at radius 1 is 1.07 bits per heavy atom. The maximum absolute atomic E-state index is 10.2. The van der Waals surface area contributed by atoms with Crippen LogP contribution in [0.15, 0.2) is 0 Å². The number of hydrogen-bond acceptors (Lipinski definition) is 3. The summed E-state index contributed by atoms with van der Waals surface area (Å²) >= 11 is 0. The van der Waals surface area contributed by atoms with Crippen molar-refractivity contribution in [2.75, 3.05) is 5.75 Å². The molecule has 0 aromatic carbocycles. The molecule has 0 aliphatic heterocycles. The van der Waals surface area contributed by atoms with Crippen molar-refractivity contribution >= 4 is 10.1 Å². The summed E-state index contributed by atoms with van der Waals surface area (Å²) in [5.74, 6) is 0.512. The average molecular weight is 230 g/mol.